The van der Waals surface area contributed by atoms with E-state index in [0.717, 1.165) is 36.2 Å². The fourth-order valence-corrected chi connectivity index (χ4v) is 4.38. The van der Waals surface area contributed by atoms with E-state index in [0.29, 0.717) is 18.6 Å². The molecule has 4 rings (SSSR count). The average molecular weight is 326 g/mol. The Morgan fingerprint density at radius 2 is 2.12 bits per heavy atom. The van der Waals surface area contributed by atoms with Crippen LogP contribution in [0, 0.1) is 0 Å². The first kappa shape index (κ1) is 15.6. The Morgan fingerprint density at radius 1 is 1.25 bits per heavy atom. The molecule has 2 atom stereocenters. The third kappa shape index (κ3) is 2.81. The number of imidazole rings is 1. The zero-order valence-corrected chi connectivity index (χ0v) is 14.4. The number of benzene rings is 1. The van der Waals surface area contributed by atoms with E-state index in [1.54, 1.807) is 0 Å². The fraction of sp³-hybridized carbons (Fsp3) is 0.579. The van der Waals surface area contributed by atoms with Gasteiger partial charge in [0, 0.05) is 25.0 Å². The maximum absolute atomic E-state index is 12.7. The number of rotatable bonds is 4. The highest BCUT2D eigenvalue weighted by Gasteiger charge is 2.36. The van der Waals surface area contributed by atoms with Crippen molar-refractivity contribution in [3.8, 4) is 0 Å². The predicted molar refractivity (Wildman–Crippen MR) is 94.9 cm³/mol. The van der Waals surface area contributed by atoms with Crippen LogP contribution in [0.2, 0.25) is 0 Å². The van der Waals surface area contributed by atoms with Crippen LogP contribution >= 0.6 is 0 Å². The van der Waals surface area contributed by atoms with Gasteiger partial charge in [0.05, 0.1) is 11.0 Å². The van der Waals surface area contributed by atoms with Crippen molar-refractivity contribution in [1.29, 1.82) is 0 Å². The van der Waals surface area contributed by atoms with Gasteiger partial charge in [-0.1, -0.05) is 25.5 Å². The summed E-state index contributed by atoms with van der Waals surface area (Å²) in [5.74, 6) is 1.10. The lowest BCUT2D eigenvalue weighted by atomic mass is 9.99. The molecule has 0 saturated carbocycles. The molecule has 1 aromatic heterocycles. The van der Waals surface area contributed by atoms with E-state index in [9.17, 15) is 4.79 Å². The van der Waals surface area contributed by atoms with Crippen LogP contribution in [0.4, 0.5) is 0 Å². The van der Waals surface area contributed by atoms with Crippen LogP contribution in [0.25, 0.3) is 11.0 Å². The van der Waals surface area contributed by atoms with Crippen molar-refractivity contribution in [1.82, 2.24) is 19.8 Å². The van der Waals surface area contributed by atoms with Gasteiger partial charge in [-0.3, -0.25) is 9.69 Å². The van der Waals surface area contributed by atoms with E-state index in [-0.39, 0.29) is 5.91 Å². The minimum absolute atomic E-state index is 0.116. The topological polar surface area (TPSA) is 50.2 Å². The molecule has 0 unspecified atom stereocenters. The molecule has 2 aliphatic heterocycles. The van der Waals surface area contributed by atoms with E-state index >= 15 is 0 Å². The smallest absolute Gasteiger partial charge is 0.240 e. The Bertz CT molecular complexity index is 738. The molecule has 24 heavy (non-hydrogen) atoms. The van der Waals surface area contributed by atoms with Gasteiger partial charge in [0.1, 0.15) is 12.4 Å². The van der Waals surface area contributed by atoms with E-state index in [1.165, 1.54) is 25.8 Å². The molecular formula is C19H26N4O. The summed E-state index contributed by atoms with van der Waals surface area (Å²) in [5, 5.41) is 3.30. The number of para-hydroxylation sites is 2. The molecule has 5 nitrogen and oxygen atoms in total. The van der Waals surface area contributed by atoms with Crippen molar-refractivity contribution in [2.45, 2.75) is 57.7 Å². The van der Waals surface area contributed by atoms with Crippen LogP contribution < -0.4 is 5.32 Å². The standard InChI is InChI=1S/C19H26N4O/c1-2-18-20-14-7-3-4-9-17(14)23(18)13-19(24)21-15-10-12-22-11-6-5-8-16(15)22/h3-4,7,9,15-16H,2,5-6,8,10-13H2,1H3,(H,21,24)/t15-,16-/m1/s1. The molecule has 0 spiro atoms. The third-order valence-corrected chi connectivity index (χ3v) is 5.55. The minimum atomic E-state index is 0.116. The zero-order valence-electron chi connectivity index (χ0n) is 14.4. The lowest BCUT2D eigenvalue weighted by Gasteiger charge is -2.32. The van der Waals surface area contributed by atoms with Crippen molar-refractivity contribution in [3.63, 3.8) is 0 Å². The largest absolute Gasteiger partial charge is 0.350 e. The number of fused-ring (bicyclic) bond motifs is 2. The number of hydrogen-bond acceptors (Lipinski definition) is 3. The summed E-state index contributed by atoms with van der Waals surface area (Å²) in [6.07, 6.45) is 5.74. The van der Waals surface area contributed by atoms with Gasteiger partial charge in [-0.2, -0.15) is 0 Å². The molecule has 2 saturated heterocycles. The molecular weight excluding hydrogens is 300 g/mol. The van der Waals surface area contributed by atoms with Crippen LogP contribution in [0.15, 0.2) is 24.3 Å². The number of carbonyl (C=O) groups excluding carboxylic acids is 1. The first-order chi connectivity index (χ1) is 11.8. The van der Waals surface area contributed by atoms with Crippen LogP contribution in [0.1, 0.15) is 38.4 Å². The van der Waals surface area contributed by atoms with Crippen molar-refractivity contribution in [3.05, 3.63) is 30.1 Å². The van der Waals surface area contributed by atoms with Gasteiger partial charge in [0.25, 0.3) is 0 Å². The van der Waals surface area contributed by atoms with Crippen molar-refractivity contribution >= 4 is 16.9 Å². The van der Waals surface area contributed by atoms with Gasteiger partial charge >= 0.3 is 0 Å². The van der Waals surface area contributed by atoms with Crippen LogP contribution in [0.5, 0.6) is 0 Å². The predicted octanol–water partition coefficient (Wildman–Crippen LogP) is 2.34. The minimum Gasteiger partial charge on any atom is -0.350 e. The van der Waals surface area contributed by atoms with Crippen molar-refractivity contribution in [2.75, 3.05) is 13.1 Å². The zero-order chi connectivity index (χ0) is 16.5. The number of nitrogens with zero attached hydrogens (tertiary/aromatic N) is 3. The lowest BCUT2D eigenvalue weighted by molar-refractivity contribution is -0.122. The van der Waals surface area contributed by atoms with Crippen LogP contribution in [0.3, 0.4) is 0 Å². The number of carbonyl (C=O) groups is 1. The summed E-state index contributed by atoms with van der Waals surface area (Å²) in [6.45, 7) is 4.78. The highest BCUT2D eigenvalue weighted by molar-refractivity contribution is 5.81. The maximum atomic E-state index is 12.7. The number of amides is 1. The summed E-state index contributed by atoms with van der Waals surface area (Å²) in [4.78, 5) is 19.9. The fourth-order valence-electron chi connectivity index (χ4n) is 4.38. The van der Waals surface area contributed by atoms with Crippen molar-refractivity contribution < 1.29 is 4.79 Å². The molecule has 1 aromatic carbocycles. The Labute approximate surface area is 143 Å². The Hall–Kier alpha value is -1.88. The molecule has 1 N–H and O–H groups in total. The second-order valence-electron chi connectivity index (χ2n) is 7.02. The molecule has 5 heteroatoms. The summed E-state index contributed by atoms with van der Waals surface area (Å²) < 4.78 is 2.07. The summed E-state index contributed by atoms with van der Waals surface area (Å²) in [6, 6.07) is 8.93. The Morgan fingerprint density at radius 3 is 3.00 bits per heavy atom. The molecule has 0 aliphatic carbocycles. The lowest BCUT2D eigenvalue weighted by Crippen LogP contribution is -2.47. The molecule has 0 radical (unpaired) electrons. The molecule has 0 bridgehead atoms. The van der Waals surface area contributed by atoms with Gasteiger partial charge in [-0.05, 0) is 37.9 Å². The second kappa shape index (κ2) is 6.55. The van der Waals surface area contributed by atoms with Gasteiger partial charge in [0.2, 0.25) is 5.91 Å². The average Bonchev–Trinajstić information content (AvgIpc) is 3.17. The maximum Gasteiger partial charge on any atom is 0.240 e. The highest BCUT2D eigenvalue weighted by Crippen LogP contribution is 2.27. The molecule has 2 fully saturated rings. The molecule has 2 aliphatic rings. The van der Waals surface area contributed by atoms with E-state index in [4.69, 9.17) is 0 Å². The Balaban J connectivity index is 1.48. The summed E-state index contributed by atoms with van der Waals surface area (Å²) in [5.41, 5.74) is 2.02. The number of aryl methyl sites for hydroxylation is 1. The quantitative estimate of drug-likeness (QED) is 0.938. The monoisotopic (exact) mass is 326 g/mol. The molecule has 128 valence electrons. The van der Waals surface area contributed by atoms with Crippen molar-refractivity contribution in [2.24, 2.45) is 0 Å². The third-order valence-electron chi connectivity index (χ3n) is 5.55. The van der Waals surface area contributed by atoms with Crippen LogP contribution in [-0.4, -0.2) is 45.5 Å². The Kier molecular flexibility index (Phi) is 4.27. The number of piperidine rings is 1. The molecule has 2 aromatic rings. The van der Waals surface area contributed by atoms with E-state index < -0.39 is 0 Å². The van der Waals surface area contributed by atoms with Gasteiger partial charge in [0.15, 0.2) is 0 Å². The summed E-state index contributed by atoms with van der Waals surface area (Å²) in [7, 11) is 0. The SMILES string of the molecule is CCc1nc2ccccc2n1CC(=O)N[C@@H]1CCN2CCCC[C@H]12. The second-order valence-corrected chi connectivity index (χ2v) is 7.02. The van der Waals surface area contributed by atoms with Crippen LogP contribution in [-0.2, 0) is 17.8 Å². The number of hydrogen-bond donors (Lipinski definition) is 1. The van der Waals surface area contributed by atoms with Gasteiger partial charge in [-0.25, -0.2) is 4.98 Å². The highest BCUT2D eigenvalue weighted by atomic mass is 16.2. The van der Waals surface area contributed by atoms with Gasteiger partial charge in [-0.15, -0.1) is 0 Å². The molecule has 3 heterocycles. The first-order valence-electron chi connectivity index (χ1n) is 9.24. The number of nitrogens with one attached hydrogen (secondary N) is 1. The first-order valence-corrected chi connectivity index (χ1v) is 9.24. The summed E-state index contributed by atoms with van der Waals surface area (Å²) >= 11 is 0. The van der Waals surface area contributed by atoms with Gasteiger partial charge < -0.3 is 9.88 Å². The normalized spacial score (nSPS) is 24.2. The number of aromatic nitrogens is 2. The molecule has 1 amide bonds. The van der Waals surface area contributed by atoms with E-state index in [1.807, 2.05) is 24.3 Å². The van der Waals surface area contributed by atoms with E-state index in [2.05, 4.69) is 26.7 Å².